The molecule has 0 bridgehead atoms. The lowest BCUT2D eigenvalue weighted by molar-refractivity contribution is 0.660. The minimum atomic E-state index is 0.843. The highest BCUT2D eigenvalue weighted by Gasteiger charge is 2.10. The fraction of sp³-hybridized carbons (Fsp3) is 0.412. The van der Waals surface area contributed by atoms with Gasteiger partial charge < -0.3 is 9.88 Å². The standard InChI is InChI=1S/C17H22N2/c1-5-6-7-10-19-14(3)13(2)16-11-15(12-18-4)8-9-17(16)19/h1,8-9,11,18H,6-7,10,12H2,2-4H3. The summed E-state index contributed by atoms with van der Waals surface area (Å²) in [7, 11) is 1.98. The Kier molecular flexibility index (Phi) is 4.29. The van der Waals surface area contributed by atoms with Crippen molar-refractivity contribution in [1.29, 1.82) is 0 Å². The Morgan fingerprint density at radius 3 is 2.79 bits per heavy atom. The molecule has 0 aliphatic rings. The minimum Gasteiger partial charge on any atom is -0.345 e. The molecule has 1 N–H and O–H groups in total. The third-order valence-corrected chi connectivity index (χ3v) is 3.79. The molecule has 2 heteroatoms. The maximum absolute atomic E-state index is 5.34. The summed E-state index contributed by atoms with van der Waals surface area (Å²) in [5.41, 5.74) is 5.40. The van der Waals surface area contributed by atoms with Crippen LogP contribution >= 0.6 is 0 Å². The van der Waals surface area contributed by atoms with Crippen LogP contribution < -0.4 is 5.32 Å². The quantitative estimate of drug-likeness (QED) is 0.639. The average Bonchev–Trinajstić information content (AvgIpc) is 2.64. The Morgan fingerprint density at radius 2 is 2.11 bits per heavy atom. The van der Waals surface area contributed by atoms with Crippen molar-refractivity contribution in [2.75, 3.05) is 7.05 Å². The van der Waals surface area contributed by atoms with Crippen LogP contribution in [0.25, 0.3) is 10.9 Å². The zero-order chi connectivity index (χ0) is 13.8. The fourth-order valence-corrected chi connectivity index (χ4v) is 2.64. The number of nitrogens with zero attached hydrogens (tertiary/aromatic N) is 1. The highest BCUT2D eigenvalue weighted by molar-refractivity contribution is 5.86. The Balaban J connectivity index is 2.42. The summed E-state index contributed by atoms with van der Waals surface area (Å²) in [6, 6.07) is 6.74. The molecule has 0 spiro atoms. The summed E-state index contributed by atoms with van der Waals surface area (Å²) in [6.07, 6.45) is 7.22. The maximum Gasteiger partial charge on any atom is 0.0485 e. The van der Waals surface area contributed by atoms with Crippen LogP contribution in [0.2, 0.25) is 0 Å². The van der Waals surface area contributed by atoms with Gasteiger partial charge in [0, 0.05) is 36.1 Å². The van der Waals surface area contributed by atoms with Crippen molar-refractivity contribution in [3.05, 3.63) is 35.0 Å². The van der Waals surface area contributed by atoms with Gasteiger partial charge in [0.2, 0.25) is 0 Å². The first kappa shape index (κ1) is 13.7. The lowest BCUT2D eigenvalue weighted by atomic mass is 10.1. The summed E-state index contributed by atoms with van der Waals surface area (Å²) >= 11 is 0. The van der Waals surface area contributed by atoms with E-state index in [-0.39, 0.29) is 0 Å². The van der Waals surface area contributed by atoms with E-state index in [1.54, 1.807) is 0 Å². The van der Waals surface area contributed by atoms with Crippen molar-refractivity contribution in [2.45, 2.75) is 39.8 Å². The second-order valence-corrected chi connectivity index (χ2v) is 5.05. The number of unbranched alkanes of at least 4 members (excludes halogenated alkanes) is 1. The number of hydrogen-bond donors (Lipinski definition) is 1. The summed E-state index contributed by atoms with van der Waals surface area (Å²) in [5, 5.41) is 4.57. The Hall–Kier alpha value is -1.72. The first-order chi connectivity index (χ1) is 9.19. The lowest BCUT2D eigenvalue weighted by Gasteiger charge is -2.07. The SMILES string of the molecule is C#CCCCn1c(C)c(C)c2cc(CNC)ccc21. The average molecular weight is 254 g/mol. The van der Waals surface area contributed by atoms with Crippen molar-refractivity contribution in [3.63, 3.8) is 0 Å². The van der Waals surface area contributed by atoms with Gasteiger partial charge in [0.05, 0.1) is 0 Å². The molecule has 1 heterocycles. The Morgan fingerprint density at radius 1 is 1.32 bits per heavy atom. The zero-order valence-corrected chi connectivity index (χ0v) is 12.1. The first-order valence-corrected chi connectivity index (χ1v) is 6.85. The van der Waals surface area contributed by atoms with Crippen molar-refractivity contribution >= 4 is 10.9 Å². The Bertz CT molecular complexity index is 614. The van der Waals surface area contributed by atoms with E-state index in [9.17, 15) is 0 Å². The monoisotopic (exact) mass is 254 g/mol. The molecular weight excluding hydrogens is 232 g/mol. The number of terminal acetylenes is 1. The highest BCUT2D eigenvalue weighted by atomic mass is 15.0. The van der Waals surface area contributed by atoms with Crippen LogP contribution in [0.15, 0.2) is 18.2 Å². The van der Waals surface area contributed by atoms with Crippen LogP contribution in [0.4, 0.5) is 0 Å². The largest absolute Gasteiger partial charge is 0.345 e. The number of fused-ring (bicyclic) bond motifs is 1. The van der Waals surface area contributed by atoms with E-state index < -0.39 is 0 Å². The van der Waals surface area contributed by atoms with Crippen LogP contribution in [0.1, 0.15) is 29.7 Å². The van der Waals surface area contributed by atoms with Crippen molar-refractivity contribution in [1.82, 2.24) is 9.88 Å². The predicted octanol–water partition coefficient (Wildman–Crippen LogP) is 3.39. The van der Waals surface area contributed by atoms with Crippen LogP contribution in [-0.4, -0.2) is 11.6 Å². The molecule has 0 unspecified atom stereocenters. The summed E-state index contributed by atoms with van der Waals surface area (Å²) in [6.45, 7) is 6.32. The number of nitrogens with one attached hydrogen (secondary N) is 1. The molecule has 1 aromatic heterocycles. The van der Waals surface area contributed by atoms with Crippen LogP contribution in [0.3, 0.4) is 0 Å². The van der Waals surface area contributed by atoms with E-state index in [4.69, 9.17) is 6.42 Å². The van der Waals surface area contributed by atoms with Gasteiger partial charge in [-0.2, -0.15) is 0 Å². The minimum absolute atomic E-state index is 0.843. The van der Waals surface area contributed by atoms with Gasteiger partial charge in [-0.05, 0) is 50.6 Å². The maximum atomic E-state index is 5.34. The summed E-state index contributed by atoms with van der Waals surface area (Å²) in [5.74, 6) is 2.72. The molecule has 0 aliphatic carbocycles. The van der Waals surface area contributed by atoms with Gasteiger partial charge in [-0.25, -0.2) is 0 Å². The third kappa shape index (κ3) is 2.67. The van der Waals surface area contributed by atoms with E-state index in [0.29, 0.717) is 0 Å². The molecule has 0 saturated heterocycles. The number of aromatic nitrogens is 1. The van der Waals surface area contributed by atoms with Crippen molar-refractivity contribution in [3.8, 4) is 12.3 Å². The van der Waals surface area contributed by atoms with Gasteiger partial charge >= 0.3 is 0 Å². The van der Waals surface area contributed by atoms with E-state index in [1.807, 2.05) is 7.05 Å². The molecule has 0 aliphatic heterocycles. The van der Waals surface area contributed by atoms with Gasteiger partial charge in [-0.15, -0.1) is 12.3 Å². The van der Waals surface area contributed by atoms with Gasteiger partial charge in [0.1, 0.15) is 0 Å². The molecule has 100 valence electrons. The smallest absolute Gasteiger partial charge is 0.0485 e. The van der Waals surface area contributed by atoms with E-state index in [0.717, 1.165) is 25.9 Å². The van der Waals surface area contributed by atoms with Crippen LogP contribution in [-0.2, 0) is 13.1 Å². The molecule has 0 amide bonds. The molecule has 2 aromatic rings. The van der Waals surface area contributed by atoms with Gasteiger partial charge in [-0.1, -0.05) is 6.07 Å². The number of rotatable bonds is 5. The molecule has 0 atom stereocenters. The molecular formula is C17H22N2. The van der Waals surface area contributed by atoms with Crippen molar-refractivity contribution in [2.24, 2.45) is 0 Å². The van der Waals surface area contributed by atoms with Crippen LogP contribution in [0.5, 0.6) is 0 Å². The zero-order valence-electron chi connectivity index (χ0n) is 12.1. The highest BCUT2D eigenvalue weighted by Crippen LogP contribution is 2.26. The van der Waals surface area contributed by atoms with Crippen molar-refractivity contribution < 1.29 is 0 Å². The number of benzene rings is 1. The number of hydrogen-bond acceptors (Lipinski definition) is 1. The topological polar surface area (TPSA) is 17.0 Å². The molecule has 2 nitrogen and oxygen atoms in total. The van der Waals surface area contributed by atoms with Gasteiger partial charge in [-0.3, -0.25) is 0 Å². The van der Waals surface area contributed by atoms with E-state index >= 15 is 0 Å². The molecule has 0 radical (unpaired) electrons. The number of aryl methyl sites for hydroxylation is 2. The molecule has 0 saturated carbocycles. The Labute approximate surface area is 115 Å². The van der Waals surface area contributed by atoms with E-state index in [2.05, 4.69) is 47.9 Å². The third-order valence-electron chi connectivity index (χ3n) is 3.79. The van der Waals surface area contributed by atoms with Crippen LogP contribution in [0, 0.1) is 26.2 Å². The lowest BCUT2D eigenvalue weighted by Crippen LogP contribution is -2.04. The van der Waals surface area contributed by atoms with E-state index in [1.165, 1.54) is 27.7 Å². The molecule has 2 rings (SSSR count). The molecule has 1 aromatic carbocycles. The predicted molar refractivity (Wildman–Crippen MR) is 82.2 cm³/mol. The summed E-state index contributed by atoms with van der Waals surface area (Å²) < 4.78 is 2.39. The second kappa shape index (κ2) is 5.95. The first-order valence-electron chi connectivity index (χ1n) is 6.85. The molecule has 0 fully saturated rings. The second-order valence-electron chi connectivity index (χ2n) is 5.05. The fourth-order valence-electron chi connectivity index (χ4n) is 2.64. The molecule has 19 heavy (non-hydrogen) atoms. The van der Waals surface area contributed by atoms with Gasteiger partial charge in [0.25, 0.3) is 0 Å². The van der Waals surface area contributed by atoms with Gasteiger partial charge in [0.15, 0.2) is 0 Å². The normalized spacial score (nSPS) is 10.8. The summed E-state index contributed by atoms with van der Waals surface area (Å²) in [4.78, 5) is 0.